The van der Waals surface area contributed by atoms with Crippen molar-refractivity contribution < 1.29 is 8.42 Å². The number of rotatable bonds is 8. The zero-order chi connectivity index (χ0) is 11.0. The Morgan fingerprint density at radius 1 is 1.21 bits per heavy atom. The van der Waals surface area contributed by atoms with Gasteiger partial charge in [0.25, 0.3) is 0 Å². The standard InChI is InChI=1S/C9H22N2O2S/c1-3-4-5-8-11(2)14(12,13)9-6-7-10/h3-10H2,1-2H3. The van der Waals surface area contributed by atoms with E-state index in [-0.39, 0.29) is 5.75 Å². The molecule has 0 aliphatic rings. The van der Waals surface area contributed by atoms with Crippen LogP contribution in [-0.2, 0) is 10.0 Å². The fraction of sp³-hybridized carbons (Fsp3) is 1.00. The monoisotopic (exact) mass is 222 g/mol. The van der Waals surface area contributed by atoms with E-state index in [4.69, 9.17) is 5.73 Å². The maximum atomic E-state index is 11.6. The van der Waals surface area contributed by atoms with Crippen molar-refractivity contribution >= 4 is 10.0 Å². The topological polar surface area (TPSA) is 63.4 Å². The first-order valence-corrected chi connectivity index (χ1v) is 6.79. The maximum absolute atomic E-state index is 11.6. The molecule has 0 aliphatic carbocycles. The number of nitrogens with zero attached hydrogens (tertiary/aromatic N) is 1. The third-order valence-corrected chi connectivity index (χ3v) is 4.09. The van der Waals surface area contributed by atoms with Gasteiger partial charge in [0.2, 0.25) is 10.0 Å². The molecule has 14 heavy (non-hydrogen) atoms. The summed E-state index contributed by atoms with van der Waals surface area (Å²) in [5, 5.41) is 0. The highest BCUT2D eigenvalue weighted by molar-refractivity contribution is 7.89. The van der Waals surface area contributed by atoms with Gasteiger partial charge in [-0.15, -0.1) is 0 Å². The molecule has 0 heterocycles. The lowest BCUT2D eigenvalue weighted by Gasteiger charge is -2.16. The summed E-state index contributed by atoms with van der Waals surface area (Å²) >= 11 is 0. The van der Waals surface area contributed by atoms with Gasteiger partial charge in [-0.1, -0.05) is 19.8 Å². The van der Waals surface area contributed by atoms with Gasteiger partial charge < -0.3 is 5.73 Å². The van der Waals surface area contributed by atoms with Crippen molar-refractivity contribution in [1.82, 2.24) is 4.31 Å². The molecule has 5 heteroatoms. The van der Waals surface area contributed by atoms with Crippen LogP contribution in [0.15, 0.2) is 0 Å². The van der Waals surface area contributed by atoms with Crippen molar-refractivity contribution in [3.05, 3.63) is 0 Å². The van der Waals surface area contributed by atoms with E-state index >= 15 is 0 Å². The van der Waals surface area contributed by atoms with E-state index < -0.39 is 10.0 Å². The third-order valence-electron chi connectivity index (χ3n) is 2.16. The van der Waals surface area contributed by atoms with Gasteiger partial charge in [0, 0.05) is 13.6 Å². The molecule has 0 saturated carbocycles. The molecule has 0 aromatic rings. The van der Waals surface area contributed by atoms with E-state index in [0.29, 0.717) is 19.5 Å². The van der Waals surface area contributed by atoms with Crippen LogP contribution < -0.4 is 5.73 Å². The minimum Gasteiger partial charge on any atom is -0.330 e. The molecule has 0 saturated heterocycles. The number of hydrogen-bond acceptors (Lipinski definition) is 3. The highest BCUT2D eigenvalue weighted by Gasteiger charge is 2.15. The van der Waals surface area contributed by atoms with Crippen LogP contribution in [0.5, 0.6) is 0 Å². The number of hydrogen-bond donors (Lipinski definition) is 1. The number of nitrogens with two attached hydrogens (primary N) is 1. The first-order valence-electron chi connectivity index (χ1n) is 5.18. The summed E-state index contributed by atoms with van der Waals surface area (Å²) in [6, 6.07) is 0. The van der Waals surface area contributed by atoms with Crippen molar-refractivity contribution in [3.8, 4) is 0 Å². The Bertz CT molecular complexity index is 227. The van der Waals surface area contributed by atoms with E-state index in [9.17, 15) is 8.42 Å². The molecule has 0 rings (SSSR count). The summed E-state index contributed by atoms with van der Waals surface area (Å²) in [4.78, 5) is 0. The van der Waals surface area contributed by atoms with Gasteiger partial charge in [-0.05, 0) is 19.4 Å². The Hall–Kier alpha value is -0.130. The zero-order valence-corrected chi connectivity index (χ0v) is 10.0. The number of sulfonamides is 1. The van der Waals surface area contributed by atoms with Crippen molar-refractivity contribution in [3.63, 3.8) is 0 Å². The second kappa shape index (κ2) is 7.20. The van der Waals surface area contributed by atoms with Crippen LogP contribution >= 0.6 is 0 Å². The Morgan fingerprint density at radius 2 is 1.86 bits per heavy atom. The molecule has 2 N–H and O–H groups in total. The average molecular weight is 222 g/mol. The second-order valence-corrected chi connectivity index (χ2v) is 5.68. The van der Waals surface area contributed by atoms with Crippen LogP contribution in [0.1, 0.15) is 32.6 Å². The highest BCUT2D eigenvalue weighted by atomic mass is 32.2. The molecule has 0 unspecified atom stereocenters. The van der Waals surface area contributed by atoms with Crippen LogP contribution in [0, 0.1) is 0 Å². The van der Waals surface area contributed by atoms with Gasteiger partial charge in [0.15, 0.2) is 0 Å². The van der Waals surface area contributed by atoms with E-state index in [2.05, 4.69) is 6.92 Å². The molecule has 0 fully saturated rings. The van der Waals surface area contributed by atoms with Crippen LogP contribution in [-0.4, -0.2) is 38.6 Å². The van der Waals surface area contributed by atoms with Gasteiger partial charge in [-0.3, -0.25) is 0 Å². The smallest absolute Gasteiger partial charge is 0.213 e. The SMILES string of the molecule is CCCCCN(C)S(=O)(=O)CCCN. The molecule has 0 spiro atoms. The highest BCUT2D eigenvalue weighted by Crippen LogP contribution is 2.03. The van der Waals surface area contributed by atoms with E-state index in [1.54, 1.807) is 7.05 Å². The number of unbranched alkanes of at least 4 members (excludes halogenated alkanes) is 2. The molecule has 0 aromatic carbocycles. The lowest BCUT2D eigenvalue weighted by atomic mass is 10.2. The summed E-state index contributed by atoms with van der Waals surface area (Å²) < 4.78 is 24.6. The molecule has 86 valence electrons. The Morgan fingerprint density at radius 3 is 2.36 bits per heavy atom. The molecule has 0 aliphatic heterocycles. The van der Waals surface area contributed by atoms with Gasteiger partial charge >= 0.3 is 0 Å². The maximum Gasteiger partial charge on any atom is 0.213 e. The van der Waals surface area contributed by atoms with E-state index in [1.807, 2.05) is 0 Å². The molecule has 0 aromatic heterocycles. The molecule has 0 amide bonds. The zero-order valence-electron chi connectivity index (χ0n) is 9.20. The molecular weight excluding hydrogens is 200 g/mol. The quantitative estimate of drug-likeness (QED) is 0.617. The molecule has 0 atom stereocenters. The summed E-state index contributed by atoms with van der Waals surface area (Å²) in [6.45, 7) is 3.16. The van der Waals surface area contributed by atoms with Crippen LogP contribution in [0.25, 0.3) is 0 Å². The molecule has 0 bridgehead atoms. The van der Waals surface area contributed by atoms with Crippen molar-refractivity contribution in [2.45, 2.75) is 32.6 Å². The largest absolute Gasteiger partial charge is 0.330 e. The molecule has 0 radical (unpaired) electrons. The summed E-state index contributed by atoms with van der Waals surface area (Å²) in [5.41, 5.74) is 5.27. The minimum atomic E-state index is -3.05. The Kier molecular flexibility index (Phi) is 7.13. The lowest BCUT2D eigenvalue weighted by molar-refractivity contribution is 0.453. The third kappa shape index (κ3) is 5.57. The van der Waals surface area contributed by atoms with Crippen LogP contribution in [0.3, 0.4) is 0 Å². The predicted octanol–water partition coefficient (Wildman–Crippen LogP) is 0.787. The molecular formula is C9H22N2O2S. The molecule has 4 nitrogen and oxygen atoms in total. The second-order valence-electron chi connectivity index (χ2n) is 3.49. The van der Waals surface area contributed by atoms with Gasteiger partial charge in [0.1, 0.15) is 0 Å². The fourth-order valence-corrected chi connectivity index (χ4v) is 2.40. The Labute approximate surface area is 87.5 Å². The summed E-state index contributed by atoms with van der Waals surface area (Å²) in [6.07, 6.45) is 3.67. The normalized spacial score (nSPS) is 12.3. The first-order chi connectivity index (χ1) is 6.54. The van der Waals surface area contributed by atoms with Gasteiger partial charge in [-0.2, -0.15) is 0 Å². The first kappa shape index (κ1) is 13.9. The van der Waals surface area contributed by atoms with Gasteiger partial charge in [0.05, 0.1) is 5.75 Å². The van der Waals surface area contributed by atoms with E-state index in [1.165, 1.54) is 4.31 Å². The fourth-order valence-electron chi connectivity index (χ4n) is 1.15. The minimum absolute atomic E-state index is 0.173. The van der Waals surface area contributed by atoms with Gasteiger partial charge in [-0.25, -0.2) is 12.7 Å². The lowest BCUT2D eigenvalue weighted by Crippen LogP contribution is -2.30. The van der Waals surface area contributed by atoms with Crippen LogP contribution in [0.2, 0.25) is 0 Å². The Balaban J connectivity index is 3.89. The predicted molar refractivity (Wildman–Crippen MR) is 59.6 cm³/mol. The summed E-state index contributed by atoms with van der Waals surface area (Å²) in [7, 11) is -1.41. The van der Waals surface area contributed by atoms with Crippen molar-refractivity contribution in [2.75, 3.05) is 25.9 Å². The average Bonchev–Trinajstić information content (AvgIpc) is 2.15. The van der Waals surface area contributed by atoms with Crippen molar-refractivity contribution in [2.24, 2.45) is 5.73 Å². The van der Waals surface area contributed by atoms with Crippen molar-refractivity contribution in [1.29, 1.82) is 0 Å². The summed E-state index contributed by atoms with van der Waals surface area (Å²) in [5.74, 6) is 0.173. The van der Waals surface area contributed by atoms with Crippen LogP contribution in [0.4, 0.5) is 0 Å². The van der Waals surface area contributed by atoms with E-state index in [0.717, 1.165) is 19.3 Å².